The molecule has 4 rings (SSSR count). The number of aryl methyl sites for hydroxylation is 4. The van der Waals surface area contributed by atoms with E-state index in [1.54, 1.807) is 0 Å². The average Bonchev–Trinajstić information content (AvgIpc) is 2.78. The second kappa shape index (κ2) is 10.5. The Kier molecular flexibility index (Phi) is 7.30. The number of hydrogen-bond acceptors (Lipinski definition) is 1. The maximum atomic E-state index is 6.41. The Hall–Kier alpha value is -2.74. The number of benzene rings is 4. The molecule has 156 valence electrons. The van der Waals surface area contributed by atoms with Crippen LogP contribution in [0.25, 0.3) is 0 Å². The molecule has 0 aliphatic rings. The van der Waals surface area contributed by atoms with Gasteiger partial charge in [0.15, 0.2) is 0 Å². The lowest BCUT2D eigenvalue weighted by Gasteiger charge is -2.14. The molecule has 0 amide bonds. The molecule has 0 heterocycles. The van der Waals surface area contributed by atoms with E-state index in [0.29, 0.717) is 0 Å². The van der Waals surface area contributed by atoms with Gasteiger partial charge in [0.2, 0.25) is 0 Å². The van der Waals surface area contributed by atoms with Crippen LogP contribution in [0.5, 0.6) is 11.5 Å². The molecule has 31 heavy (non-hydrogen) atoms. The van der Waals surface area contributed by atoms with Gasteiger partial charge in [-0.3, -0.25) is 0 Å². The van der Waals surface area contributed by atoms with Crippen LogP contribution in [0.15, 0.2) is 97.1 Å². The van der Waals surface area contributed by atoms with E-state index in [1.165, 1.54) is 22.3 Å². The molecule has 3 heteroatoms. The van der Waals surface area contributed by atoms with Gasteiger partial charge in [-0.1, -0.05) is 83.9 Å². The van der Waals surface area contributed by atoms with Crippen molar-refractivity contribution in [3.63, 3.8) is 0 Å². The highest BCUT2D eigenvalue weighted by Crippen LogP contribution is 2.30. The lowest BCUT2D eigenvalue weighted by atomic mass is 10.0. The fraction of sp³-hybridized carbons (Fsp3) is 0.143. The molecule has 0 radical (unpaired) electrons. The zero-order valence-electron chi connectivity index (χ0n) is 17.2. The summed E-state index contributed by atoms with van der Waals surface area (Å²) in [4.78, 5) is 0. The Morgan fingerprint density at radius 1 is 0.484 bits per heavy atom. The molecular formula is C28H24Cl2O. The zero-order chi connectivity index (χ0) is 21.5. The summed E-state index contributed by atoms with van der Waals surface area (Å²) in [5.74, 6) is 1.81. The second-order valence-electron chi connectivity index (χ2n) is 7.58. The summed E-state index contributed by atoms with van der Waals surface area (Å²) in [6.07, 6.45) is 3.61. The molecule has 0 bridgehead atoms. The van der Waals surface area contributed by atoms with Gasteiger partial charge in [-0.2, -0.15) is 0 Å². The number of hydrogen-bond donors (Lipinski definition) is 0. The lowest BCUT2D eigenvalue weighted by Crippen LogP contribution is -1.98. The predicted octanol–water partition coefficient (Wildman–Crippen LogP) is 8.36. The van der Waals surface area contributed by atoms with Gasteiger partial charge in [0.25, 0.3) is 0 Å². The first-order valence-corrected chi connectivity index (χ1v) is 11.3. The van der Waals surface area contributed by atoms with Gasteiger partial charge < -0.3 is 4.74 Å². The topological polar surface area (TPSA) is 9.23 Å². The van der Waals surface area contributed by atoms with Crippen LogP contribution in [0, 0.1) is 0 Å². The minimum Gasteiger partial charge on any atom is -0.457 e. The van der Waals surface area contributed by atoms with Crippen LogP contribution >= 0.6 is 23.2 Å². The summed E-state index contributed by atoms with van der Waals surface area (Å²) in [5.41, 5.74) is 4.83. The summed E-state index contributed by atoms with van der Waals surface area (Å²) in [6.45, 7) is 0. The average molecular weight is 447 g/mol. The van der Waals surface area contributed by atoms with E-state index in [4.69, 9.17) is 27.9 Å². The van der Waals surface area contributed by atoms with Crippen molar-refractivity contribution < 1.29 is 4.74 Å². The van der Waals surface area contributed by atoms with E-state index in [2.05, 4.69) is 36.4 Å². The maximum Gasteiger partial charge on any atom is 0.130 e. The molecule has 0 saturated carbocycles. The first-order chi connectivity index (χ1) is 15.2. The molecule has 0 aliphatic carbocycles. The van der Waals surface area contributed by atoms with Gasteiger partial charge in [-0.05, 0) is 84.3 Å². The van der Waals surface area contributed by atoms with Crippen LogP contribution < -0.4 is 4.74 Å². The van der Waals surface area contributed by atoms with E-state index in [0.717, 1.165) is 47.2 Å². The molecule has 4 aromatic rings. The third-order valence-electron chi connectivity index (χ3n) is 5.31. The molecular weight excluding hydrogens is 423 g/mol. The van der Waals surface area contributed by atoms with Crippen molar-refractivity contribution in [3.05, 3.63) is 129 Å². The van der Waals surface area contributed by atoms with Gasteiger partial charge in [-0.15, -0.1) is 0 Å². The summed E-state index contributed by atoms with van der Waals surface area (Å²) in [6, 6.07) is 32.6. The molecule has 0 atom stereocenters. The van der Waals surface area contributed by atoms with E-state index >= 15 is 0 Å². The number of halogens is 2. The minimum absolute atomic E-state index is 0.774. The minimum atomic E-state index is 0.774. The second-order valence-corrected chi connectivity index (χ2v) is 8.45. The van der Waals surface area contributed by atoms with Gasteiger partial charge in [-0.25, -0.2) is 0 Å². The summed E-state index contributed by atoms with van der Waals surface area (Å²) < 4.78 is 6.41. The highest BCUT2D eigenvalue weighted by atomic mass is 35.5. The maximum absolute atomic E-state index is 6.41. The Bertz CT molecular complexity index is 1060. The first kappa shape index (κ1) is 21.5. The van der Waals surface area contributed by atoms with Gasteiger partial charge in [0.05, 0.1) is 0 Å². The monoisotopic (exact) mass is 446 g/mol. The van der Waals surface area contributed by atoms with Gasteiger partial charge in [0, 0.05) is 10.0 Å². The SMILES string of the molecule is Clc1cccc(CCc2ccccc2Oc2ccccc2CCc2cccc(Cl)c2)c1. The smallest absolute Gasteiger partial charge is 0.130 e. The highest BCUT2D eigenvalue weighted by molar-refractivity contribution is 6.30. The van der Waals surface area contributed by atoms with E-state index in [9.17, 15) is 0 Å². The van der Waals surface area contributed by atoms with Gasteiger partial charge in [0.1, 0.15) is 11.5 Å². The summed E-state index contributed by atoms with van der Waals surface area (Å²) in [7, 11) is 0. The summed E-state index contributed by atoms with van der Waals surface area (Å²) in [5, 5.41) is 1.55. The van der Waals surface area contributed by atoms with Crippen molar-refractivity contribution in [3.8, 4) is 11.5 Å². The molecule has 0 N–H and O–H groups in total. The van der Waals surface area contributed by atoms with Crippen molar-refractivity contribution in [1.29, 1.82) is 0 Å². The van der Waals surface area contributed by atoms with Crippen LogP contribution in [-0.4, -0.2) is 0 Å². The molecule has 0 fully saturated rings. The number of para-hydroxylation sites is 2. The van der Waals surface area contributed by atoms with Gasteiger partial charge >= 0.3 is 0 Å². The standard InChI is InChI=1S/C28H24Cl2O/c29-25-11-5-7-21(19-25)15-17-23-9-1-3-13-27(23)31-28-14-4-2-10-24(28)18-16-22-8-6-12-26(30)20-22/h1-14,19-20H,15-18H2. The lowest BCUT2D eigenvalue weighted by molar-refractivity contribution is 0.469. The summed E-state index contributed by atoms with van der Waals surface area (Å²) >= 11 is 12.3. The molecule has 0 spiro atoms. The van der Waals surface area contributed by atoms with Crippen LogP contribution in [0.1, 0.15) is 22.3 Å². The Balaban J connectivity index is 1.48. The fourth-order valence-corrected chi connectivity index (χ4v) is 4.11. The number of ether oxygens (including phenoxy) is 1. The van der Waals surface area contributed by atoms with Crippen LogP contribution in [0.4, 0.5) is 0 Å². The van der Waals surface area contributed by atoms with E-state index in [1.807, 2.05) is 60.7 Å². The first-order valence-electron chi connectivity index (χ1n) is 10.5. The Morgan fingerprint density at radius 3 is 1.39 bits per heavy atom. The fourth-order valence-electron chi connectivity index (χ4n) is 3.68. The molecule has 0 saturated heterocycles. The highest BCUT2D eigenvalue weighted by Gasteiger charge is 2.09. The van der Waals surface area contributed by atoms with Crippen LogP contribution in [-0.2, 0) is 25.7 Å². The number of rotatable bonds is 8. The van der Waals surface area contributed by atoms with Crippen molar-refractivity contribution in [1.82, 2.24) is 0 Å². The van der Waals surface area contributed by atoms with Crippen molar-refractivity contribution in [2.75, 3.05) is 0 Å². The van der Waals surface area contributed by atoms with Crippen LogP contribution in [0.2, 0.25) is 10.0 Å². The van der Waals surface area contributed by atoms with E-state index in [-0.39, 0.29) is 0 Å². The molecule has 0 unspecified atom stereocenters. The predicted molar refractivity (Wildman–Crippen MR) is 131 cm³/mol. The molecule has 4 aromatic carbocycles. The molecule has 0 aliphatic heterocycles. The molecule has 1 nitrogen and oxygen atoms in total. The normalized spacial score (nSPS) is 10.8. The van der Waals surface area contributed by atoms with Crippen molar-refractivity contribution in [2.45, 2.75) is 25.7 Å². The third kappa shape index (κ3) is 6.13. The van der Waals surface area contributed by atoms with E-state index < -0.39 is 0 Å². The largest absolute Gasteiger partial charge is 0.457 e. The Labute approximate surface area is 194 Å². The molecule has 0 aromatic heterocycles. The Morgan fingerprint density at radius 2 is 0.935 bits per heavy atom. The van der Waals surface area contributed by atoms with Crippen LogP contribution in [0.3, 0.4) is 0 Å². The van der Waals surface area contributed by atoms with Crippen molar-refractivity contribution >= 4 is 23.2 Å². The zero-order valence-corrected chi connectivity index (χ0v) is 18.7. The quantitative estimate of drug-likeness (QED) is 0.264. The third-order valence-corrected chi connectivity index (χ3v) is 5.78. The van der Waals surface area contributed by atoms with Crippen molar-refractivity contribution in [2.24, 2.45) is 0 Å².